The number of carbonyl (C=O) groups is 1. The molecule has 19 heavy (non-hydrogen) atoms. The monoisotopic (exact) mass is 326 g/mol. The van der Waals surface area contributed by atoms with E-state index in [2.05, 4.69) is 22.9 Å². The van der Waals surface area contributed by atoms with Crippen LogP contribution in [0.1, 0.15) is 23.7 Å². The topological polar surface area (TPSA) is 55.6 Å². The number of methoxy groups -OCH3 is 1. The van der Waals surface area contributed by atoms with Gasteiger partial charge < -0.3 is 15.4 Å². The molecule has 1 heterocycles. The van der Waals surface area contributed by atoms with E-state index in [1.807, 2.05) is 17.0 Å². The molecule has 2 rings (SSSR count). The summed E-state index contributed by atoms with van der Waals surface area (Å²) >= 11 is 3.38. The van der Waals surface area contributed by atoms with Crippen LogP contribution in [-0.2, 0) is 0 Å². The predicted octanol–water partition coefficient (Wildman–Crippen LogP) is 2.27. The molecule has 1 fully saturated rings. The Morgan fingerprint density at radius 3 is 2.89 bits per heavy atom. The Balaban J connectivity index is 2.25. The highest BCUT2D eigenvalue weighted by Crippen LogP contribution is 2.29. The summed E-state index contributed by atoms with van der Waals surface area (Å²) in [5, 5.41) is 0. The smallest absolute Gasteiger partial charge is 0.257 e. The zero-order chi connectivity index (χ0) is 14.0. The minimum Gasteiger partial charge on any atom is -0.496 e. The highest BCUT2D eigenvalue weighted by Gasteiger charge is 2.33. The first kappa shape index (κ1) is 14.3. The van der Waals surface area contributed by atoms with Crippen molar-refractivity contribution < 1.29 is 9.53 Å². The van der Waals surface area contributed by atoms with Gasteiger partial charge in [0.1, 0.15) is 5.75 Å². The van der Waals surface area contributed by atoms with E-state index in [0.29, 0.717) is 23.8 Å². The summed E-state index contributed by atoms with van der Waals surface area (Å²) in [6.45, 7) is 3.43. The van der Waals surface area contributed by atoms with E-state index in [1.165, 1.54) is 0 Å². The van der Waals surface area contributed by atoms with E-state index in [4.69, 9.17) is 10.5 Å². The van der Waals surface area contributed by atoms with Gasteiger partial charge in [0.15, 0.2) is 0 Å². The van der Waals surface area contributed by atoms with Gasteiger partial charge in [-0.05, 0) is 44.0 Å². The summed E-state index contributed by atoms with van der Waals surface area (Å²) in [5.74, 6) is 1.02. The Morgan fingerprint density at radius 2 is 2.32 bits per heavy atom. The van der Waals surface area contributed by atoms with Gasteiger partial charge in [-0.25, -0.2) is 0 Å². The minimum absolute atomic E-state index is 0.0211. The average Bonchev–Trinajstić information content (AvgIpc) is 2.79. The summed E-state index contributed by atoms with van der Waals surface area (Å²) in [5.41, 5.74) is 6.31. The van der Waals surface area contributed by atoms with Gasteiger partial charge in [0.05, 0.1) is 12.7 Å². The molecular formula is C14H19BrN2O2. The van der Waals surface area contributed by atoms with Gasteiger partial charge in [0.2, 0.25) is 0 Å². The maximum Gasteiger partial charge on any atom is 0.257 e. The molecule has 104 valence electrons. The lowest BCUT2D eigenvalue weighted by molar-refractivity contribution is 0.0740. The molecule has 0 saturated carbocycles. The molecule has 0 bridgehead atoms. The number of carbonyl (C=O) groups excluding carboxylic acids is 1. The van der Waals surface area contributed by atoms with Crippen LogP contribution in [0.4, 0.5) is 0 Å². The first-order valence-electron chi connectivity index (χ1n) is 6.41. The molecule has 1 amide bonds. The molecule has 1 aliphatic heterocycles. The van der Waals surface area contributed by atoms with Crippen LogP contribution < -0.4 is 10.5 Å². The number of likely N-dealkylation sites (tertiary alicyclic amines) is 1. The van der Waals surface area contributed by atoms with Crippen LogP contribution >= 0.6 is 15.9 Å². The number of halogens is 1. The summed E-state index contributed by atoms with van der Waals surface area (Å²) in [7, 11) is 1.58. The number of nitrogens with two attached hydrogens (primary N) is 1. The molecule has 1 aromatic carbocycles. The lowest BCUT2D eigenvalue weighted by atomic mass is 10.1. The van der Waals surface area contributed by atoms with Crippen molar-refractivity contribution in [1.82, 2.24) is 4.90 Å². The van der Waals surface area contributed by atoms with Crippen LogP contribution in [0.5, 0.6) is 5.75 Å². The normalized spacial score (nSPS) is 22.6. The summed E-state index contributed by atoms with van der Waals surface area (Å²) in [6, 6.07) is 5.70. The zero-order valence-electron chi connectivity index (χ0n) is 11.2. The van der Waals surface area contributed by atoms with Gasteiger partial charge in [-0.2, -0.15) is 0 Å². The largest absolute Gasteiger partial charge is 0.496 e. The fraction of sp³-hybridized carbons (Fsp3) is 0.500. The number of hydrogen-bond acceptors (Lipinski definition) is 3. The fourth-order valence-electron chi connectivity index (χ4n) is 2.59. The van der Waals surface area contributed by atoms with E-state index >= 15 is 0 Å². The van der Waals surface area contributed by atoms with Crippen molar-refractivity contribution in [3.63, 3.8) is 0 Å². The van der Waals surface area contributed by atoms with Crippen LogP contribution in [0.3, 0.4) is 0 Å². The lowest BCUT2D eigenvalue weighted by Gasteiger charge is -2.22. The Hall–Kier alpha value is -1.07. The Morgan fingerprint density at radius 1 is 1.58 bits per heavy atom. The quantitative estimate of drug-likeness (QED) is 0.927. The van der Waals surface area contributed by atoms with E-state index < -0.39 is 0 Å². The van der Waals surface area contributed by atoms with Gasteiger partial charge in [-0.3, -0.25) is 4.79 Å². The first-order valence-corrected chi connectivity index (χ1v) is 7.20. The summed E-state index contributed by atoms with van der Waals surface area (Å²) in [4.78, 5) is 14.5. The third-order valence-corrected chi connectivity index (χ3v) is 4.14. The van der Waals surface area contributed by atoms with Gasteiger partial charge in [0, 0.05) is 17.1 Å². The van der Waals surface area contributed by atoms with E-state index in [0.717, 1.165) is 17.4 Å². The van der Waals surface area contributed by atoms with Crippen molar-refractivity contribution in [2.75, 3.05) is 20.2 Å². The van der Waals surface area contributed by atoms with Crippen LogP contribution in [0.2, 0.25) is 0 Å². The molecule has 4 nitrogen and oxygen atoms in total. The van der Waals surface area contributed by atoms with Gasteiger partial charge >= 0.3 is 0 Å². The Labute approximate surface area is 122 Å². The maximum atomic E-state index is 12.6. The molecule has 0 radical (unpaired) electrons. The third kappa shape index (κ3) is 2.92. The van der Waals surface area contributed by atoms with Crippen molar-refractivity contribution in [1.29, 1.82) is 0 Å². The molecule has 2 unspecified atom stereocenters. The SMILES string of the molecule is COc1cc(Br)ccc1C(=O)N1CC(CN)CC1C. The van der Waals surface area contributed by atoms with Crippen molar-refractivity contribution in [3.05, 3.63) is 28.2 Å². The lowest BCUT2D eigenvalue weighted by Crippen LogP contribution is -2.34. The number of rotatable bonds is 3. The number of ether oxygens (including phenoxy) is 1. The molecule has 0 aliphatic carbocycles. The molecule has 1 aromatic rings. The number of benzene rings is 1. The van der Waals surface area contributed by atoms with E-state index in [1.54, 1.807) is 13.2 Å². The average molecular weight is 327 g/mol. The number of nitrogens with zero attached hydrogens (tertiary/aromatic N) is 1. The van der Waals surface area contributed by atoms with Crippen LogP contribution in [0.25, 0.3) is 0 Å². The second-order valence-corrected chi connectivity index (χ2v) is 5.90. The molecule has 2 atom stereocenters. The number of amides is 1. The summed E-state index contributed by atoms with van der Waals surface area (Å²) in [6.07, 6.45) is 0.973. The summed E-state index contributed by atoms with van der Waals surface area (Å²) < 4.78 is 6.19. The Bertz CT molecular complexity index is 479. The van der Waals surface area contributed by atoms with Gasteiger partial charge in [0.25, 0.3) is 5.91 Å². The minimum atomic E-state index is 0.0211. The van der Waals surface area contributed by atoms with Crippen LogP contribution in [-0.4, -0.2) is 37.0 Å². The van der Waals surface area contributed by atoms with Gasteiger partial charge in [-0.15, -0.1) is 0 Å². The fourth-order valence-corrected chi connectivity index (χ4v) is 2.93. The maximum absolute atomic E-state index is 12.6. The molecule has 1 aliphatic rings. The van der Waals surface area contributed by atoms with Crippen molar-refractivity contribution in [3.8, 4) is 5.75 Å². The zero-order valence-corrected chi connectivity index (χ0v) is 12.8. The predicted molar refractivity (Wildman–Crippen MR) is 78.4 cm³/mol. The van der Waals surface area contributed by atoms with E-state index in [-0.39, 0.29) is 11.9 Å². The highest BCUT2D eigenvalue weighted by atomic mass is 79.9. The van der Waals surface area contributed by atoms with Crippen LogP contribution in [0.15, 0.2) is 22.7 Å². The standard InChI is InChI=1S/C14H19BrN2O2/c1-9-5-10(7-16)8-17(9)14(18)12-4-3-11(15)6-13(12)19-2/h3-4,6,9-10H,5,7-8,16H2,1-2H3. The first-order chi connectivity index (χ1) is 9.06. The highest BCUT2D eigenvalue weighted by molar-refractivity contribution is 9.10. The molecule has 2 N–H and O–H groups in total. The third-order valence-electron chi connectivity index (χ3n) is 3.65. The van der Waals surface area contributed by atoms with Crippen molar-refractivity contribution >= 4 is 21.8 Å². The molecule has 5 heteroatoms. The Kier molecular flexibility index (Phi) is 4.47. The molecule has 1 saturated heterocycles. The molecular weight excluding hydrogens is 308 g/mol. The van der Waals surface area contributed by atoms with Crippen molar-refractivity contribution in [2.24, 2.45) is 11.7 Å². The van der Waals surface area contributed by atoms with E-state index in [9.17, 15) is 4.79 Å². The van der Waals surface area contributed by atoms with Crippen molar-refractivity contribution in [2.45, 2.75) is 19.4 Å². The molecule has 0 spiro atoms. The second-order valence-electron chi connectivity index (χ2n) is 4.99. The van der Waals surface area contributed by atoms with Gasteiger partial charge in [-0.1, -0.05) is 15.9 Å². The number of hydrogen-bond donors (Lipinski definition) is 1. The molecule has 0 aromatic heterocycles. The second kappa shape index (κ2) is 5.92. The van der Waals surface area contributed by atoms with Crippen LogP contribution in [0, 0.1) is 5.92 Å².